The summed E-state index contributed by atoms with van der Waals surface area (Å²) in [5.41, 5.74) is 2.07. The van der Waals surface area contributed by atoms with E-state index in [0.29, 0.717) is 6.61 Å². The van der Waals surface area contributed by atoms with Gasteiger partial charge in [0.1, 0.15) is 18.0 Å². The Morgan fingerprint density at radius 1 is 1.10 bits per heavy atom. The first-order chi connectivity index (χ1) is 18.0. The summed E-state index contributed by atoms with van der Waals surface area (Å²) >= 11 is 0. The minimum Gasteiger partial charge on any atom is -0.475 e. The van der Waals surface area contributed by atoms with Gasteiger partial charge in [0, 0.05) is 30.9 Å². The SMILES string of the molecule is Cc1noc(C)c1CN1CCO[C@H]2[C@H](Oc3ncccc3F)CC[C@@H]21.O=C(O)C(F)(F)F.O=C(O)C(F)(F)F. The molecular weight excluding hydrogens is 551 g/mol. The highest BCUT2D eigenvalue weighted by atomic mass is 19.4. The maximum absolute atomic E-state index is 13.8. The number of rotatable bonds is 4. The summed E-state index contributed by atoms with van der Waals surface area (Å²) in [7, 11) is 0. The molecule has 0 bridgehead atoms. The van der Waals surface area contributed by atoms with Gasteiger partial charge in [0.2, 0.25) is 0 Å². The Morgan fingerprint density at radius 2 is 1.69 bits per heavy atom. The predicted octanol–water partition coefficient (Wildman–Crippen LogP) is 3.90. The number of hydrogen-bond donors (Lipinski definition) is 2. The van der Waals surface area contributed by atoms with Gasteiger partial charge in [-0.15, -0.1) is 0 Å². The van der Waals surface area contributed by atoms with E-state index >= 15 is 0 Å². The van der Waals surface area contributed by atoms with Crippen molar-refractivity contribution in [3.8, 4) is 5.88 Å². The lowest BCUT2D eigenvalue weighted by Crippen LogP contribution is -2.51. The van der Waals surface area contributed by atoms with E-state index in [1.165, 1.54) is 12.3 Å². The molecule has 17 heteroatoms. The van der Waals surface area contributed by atoms with Crippen LogP contribution in [0.2, 0.25) is 0 Å². The molecule has 1 aliphatic heterocycles. The Labute approximate surface area is 216 Å². The van der Waals surface area contributed by atoms with Crippen molar-refractivity contribution < 1.29 is 64.5 Å². The topological polar surface area (TPSA) is 135 Å². The number of halogens is 7. The average molecular weight is 575 g/mol. The molecule has 0 spiro atoms. The minimum atomic E-state index is -5.08. The van der Waals surface area contributed by atoms with Gasteiger partial charge in [-0.25, -0.2) is 19.0 Å². The summed E-state index contributed by atoms with van der Waals surface area (Å²) in [5, 5.41) is 18.3. The highest BCUT2D eigenvalue weighted by molar-refractivity contribution is 5.73. The average Bonchev–Trinajstić information content (AvgIpc) is 3.39. The van der Waals surface area contributed by atoms with Gasteiger partial charge in [-0.2, -0.15) is 26.3 Å². The fourth-order valence-electron chi connectivity index (χ4n) is 3.85. The van der Waals surface area contributed by atoms with Gasteiger partial charge in [0.05, 0.1) is 12.3 Å². The normalized spacial score (nSPS) is 21.1. The molecule has 0 unspecified atom stereocenters. The number of aromatic nitrogens is 2. The molecule has 2 N–H and O–H groups in total. The number of nitrogens with zero attached hydrogens (tertiary/aromatic N) is 3. The molecule has 2 aromatic heterocycles. The van der Waals surface area contributed by atoms with Gasteiger partial charge in [0.25, 0.3) is 5.88 Å². The molecule has 1 aliphatic carbocycles. The number of pyridine rings is 1. The third kappa shape index (κ3) is 9.05. The van der Waals surface area contributed by atoms with Crippen molar-refractivity contribution in [1.82, 2.24) is 15.0 Å². The fourth-order valence-corrected chi connectivity index (χ4v) is 3.85. The molecule has 3 atom stereocenters. The van der Waals surface area contributed by atoms with Gasteiger partial charge in [-0.1, -0.05) is 5.16 Å². The monoisotopic (exact) mass is 575 g/mol. The van der Waals surface area contributed by atoms with E-state index in [-0.39, 0.29) is 24.1 Å². The molecule has 2 aliphatic rings. The predicted molar refractivity (Wildman–Crippen MR) is 115 cm³/mol. The number of alkyl halides is 6. The standard InChI is InChI=1S/C18H22FN3O3.2C2HF3O2/c1-11-13(12(2)25-21-11)10-22-8-9-23-17-15(22)5-6-16(17)24-18-14(19)4-3-7-20-18;2*3-2(4,5)1(6)7/h3-4,7,15-17H,5-6,8-10H2,1-2H3;2*(H,6,7)/t15-,16+,17+;;/m0../s1. The lowest BCUT2D eigenvalue weighted by Gasteiger charge is -2.38. The van der Waals surface area contributed by atoms with E-state index in [1.54, 1.807) is 6.07 Å². The van der Waals surface area contributed by atoms with Gasteiger partial charge >= 0.3 is 24.3 Å². The first kappa shape index (κ1) is 31.7. The maximum Gasteiger partial charge on any atom is 0.490 e. The summed E-state index contributed by atoms with van der Waals surface area (Å²) in [6.45, 7) is 6.19. The van der Waals surface area contributed by atoms with E-state index in [0.717, 1.165) is 42.9 Å². The summed E-state index contributed by atoms with van der Waals surface area (Å²) < 4.78 is 94.4. The second-order valence-electron chi connectivity index (χ2n) is 8.31. The molecule has 1 saturated heterocycles. The minimum absolute atomic E-state index is 0.0552. The van der Waals surface area contributed by atoms with Crippen molar-refractivity contribution >= 4 is 11.9 Å². The van der Waals surface area contributed by atoms with Gasteiger partial charge in [0.15, 0.2) is 5.82 Å². The van der Waals surface area contributed by atoms with E-state index in [4.69, 9.17) is 33.8 Å². The van der Waals surface area contributed by atoms with Crippen molar-refractivity contribution in [2.45, 2.75) is 63.8 Å². The summed E-state index contributed by atoms with van der Waals surface area (Å²) in [6, 6.07) is 3.17. The zero-order chi connectivity index (χ0) is 29.5. The smallest absolute Gasteiger partial charge is 0.475 e. The van der Waals surface area contributed by atoms with Crippen molar-refractivity contribution in [1.29, 1.82) is 0 Å². The van der Waals surface area contributed by atoms with Crippen LogP contribution in [0.15, 0.2) is 22.9 Å². The number of morpholine rings is 1. The third-order valence-electron chi connectivity index (χ3n) is 5.67. The van der Waals surface area contributed by atoms with Gasteiger partial charge < -0.3 is 24.2 Å². The van der Waals surface area contributed by atoms with Crippen LogP contribution in [0.4, 0.5) is 30.7 Å². The molecule has 2 aromatic rings. The lowest BCUT2D eigenvalue weighted by molar-refractivity contribution is -0.193. The highest BCUT2D eigenvalue weighted by Gasteiger charge is 2.45. The molecule has 0 amide bonds. The number of aryl methyl sites for hydroxylation is 2. The zero-order valence-corrected chi connectivity index (χ0v) is 20.4. The molecule has 0 radical (unpaired) electrons. The van der Waals surface area contributed by atoms with Crippen LogP contribution in [0.5, 0.6) is 5.88 Å². The molecule has 39 heavy (non-hydrogen) atoms. The molecule has 4 rings (SSSR count). The van der Waals surface area contributed by atoms with Crippen LogP contribution in [-0.4, -0.2) is 80.9 Å². The highest BCUT2D eigenvalue weighted by Crippen LogP contribution is 2.34. The zero-order valence-electron chi connectivity index (χ0n) is 20.4. The largest absolute Gasteiger partial charge is 0.490 e. The Hall–Kier alpha value is -3.47. The number of carboxylic acid groups (broad SMARTS) is 2. The summed E-state index contributed by atoms with van der Waals surface area (Å²) in [4.78, 5) is 24.2. The van der Waals surface area contributed by atoms with Crippen molar-refractivity contribution in [2.75, 3.05) is 13.2 Å². The number of carboxylic acids is 2. The third-order valence-corrected chi connectivity index (χ3v) is 5.67. The molecule has 218 valence electrons. The van der Waals surface area contributed by atoms with Crippen molar-refractivity contribution in [3.63, 3.8) is 0 Å². The van der Waals surface area contributed by atoms with Gasteiger partial charge in [-0.3, -0.25) is 4.90 Å². The molecule has 3 heterocycles. The van der Waals surface area contributed by atoms with Crippen LogP contribution >= 0.6 is 0 Å². The van der Waals surface area contributed by atoms with E-state index in [9.17, 15) is 30.7 Å². The van der Waals surface area contributed by atoms with E-state index in [1.807, 2.05) is 13.8 Å². The number of ether oxygens (including phenoxy) is 2. The quantitative estimate of drug-likeness (QED) is 0.517. The molecule has 10 nitrogen and oxygen atoms in total. The first-order valence-electron chi connectivity index (χ1n) is 11.2. The van der Waals surface area contributed by atoms with Crippen LogP contribution in [0.25, 0.3) is 0 Å². The van der Waals surface area contributed by atoms with E-state index < -0.39 is 30.1 Å². The number of carbonyl (C=O) groups is 2. The maximum atomic E-state index is 13.8. The Kier molecular flexibility index (Phi) is 10.6. The first-order valence-corrected chi connectivity index (χ1v) is 11.2. The van der Waals surface area contributed by atoms with Crippen LogP contribution in [0.3, 0.4) is 0 Å². The fraction of sp³-hybridized carbons (Fsp3) is 0.545. The van der Waals surface area contributed by atoms with Gasteiger partial charge in [-0.05, 0) is 38.8 Å². The Morgan fingerprint density at radius 3 is 2.18 bits per heavy atom. The van der Waals surface area contributed by atoms with Crippen LogP contribution < -0.4 is 4.74 Å². The molecule has 2 fully saturated rings. The van der Waals surface area contributed by atoms with Crippen LogP contribution in [0.1, 0.15) is 29.9 Å². The Bertz CT molecular complexity index is 1080. The molecule has 1 saturated carbocycles. The second-order valence-corrected chi connectivity index (χ2v) is 8.31. The second kappa shape index (κ2) is 13.1. The summed E-state index contributed by atoms with van der Waals surface area (Å²) in [6.07, 6.45) is -7.11. The van der Waals surface area contributed by atoms with Crippen molar-refractivity contribution in [2.24, 2.45) is 0 Å². The van der Waals surface area contributed by atoms with E-state index in [2.05, 4.69) is 15.0 Å². The summed E-state index contributed by atoms with van der Waals surface area (Å²) in [5.74, 6) is -5.03. The number of hydrogen-bond acceptors (Lipinski definition) is 8. The number of aliphatic carboxylic acids is 2. The van der Waals surface area contributed by atoms with Crippen molar-refractivity contribution in [3.05, 3.63) is 41.2 Å². The number of fused-ring (bicyclic) bond motifs is 1. The lowest BCUT2D eigenvalue weighted by atomic mass is 10.1. The molecular formula is C22H24F7N3O7. The molecule has 0 aromatic carbocycles. The van der Waals surface area contributed by atoms with Crippen LogP contribution in [0, 0.1) is 19.7 Å². The Balaban J connectivity index is 0.000000317. The van der Waals surface area contributed by atoms with Crippen LogP contribution in [-0.2, 0) is 20.9 Å².